The molecule has 0 saturated carbocycles. The van der Waals surface area contributed by atoms with Crippen LogP contribution < -0.4 is 5.32 Å². The van der Waals surface area contributed by atoms with Crippen molar-refractivity contribution in [2.45, 2.75) is 18.8 Å². The first-order valence-corrected chi connectivity index (χ1v) is 9.78. The summed E-state index contributed by atoms with van der Waals surface area (Å²) in [5.74, 6) is -0.475. The Balaban J connectivity index is 1.45. The Bertz CT molecular complexity index is 1090. The summed E-state index contributed by atoms with van der Waals surface area (Å²) in [7, 11) is 0. The largest absolute Gasteiger partial charge is 0.352 e. The molecule has 1 aromatic heterocycles. The summed E-state index contributed by atoms with van der Waals surface area (Å²) in [6.45, 7) is 0.483. The van der Waals surface area contributed by atoms with E-state index >= 15 is 0 Å². The molecule has 0 aliphatic heterocycles. The summed E-state index contributed by atoms with van der Waals surface area (Å²) in [4.78, 5) is 19.0. The highest BCUT2D eigenvalue weighted by Gasteiger charge is 2.16. The number of amides is 1. The van der Waals surface area contributed by atoms with E-state index in [9.17, 15) is 13.6 Å². The summed E-state index contributed by atoms with van der Waals surface area (Å²) < 4.78 is 25.6. The number of halogens is 2. The van der Waals surface area contributed by atoms with Gasteiger partial charge in [-0.15, -0.1) is 0 Å². The van der Waals surface area contributed by atoms with E-state index in [0.29, 0.717) is 23.1 Å². The highest BCUT2D eigenvalue weighted by Crippen LogP contribution is 2.27. The van der Waals surface area contributed by atoms with Crippen LogP contribution in [-0.2, 0) is 0 Å². The van der Waals surface area contributed by atoms with Crippen molar-refractivity contribution < 1.29 is 13.6 Å². The molecule has 4 nitrogen and oxygen atoms in total. The number of imidazole rings is 1. The maximum Gasteiger partial charge on any atom is 0.295 e. The van der Waals surface area contributed by atoms with Crippen molar-refractivity contribution in [3.05, 3.63) is 101 Å². The molecule has 2 N–H and O–H groups in total. The summed E-state index contributed by atoms with van der Waals surface area (Å²) >= 11 is 0. The first-order chi connectivity index (χ1) is 14.6. The predicted octanol–water partition coefficient (Wildman–Crippen LogP) is 5.45. The Morgan fingerprint density at radius 1 is 0.933 bits per heavy atom. The minimum Gasteiger partial charge on any atom is -0.352 e. The van der Waals surface area contributed by atoms with Crippen LogP contribution in [0.2, 0.25) is 0 Å². The summed E-state index contributed by atoms with van der Waals surface area (Å²) in [6, 6.07) is 25.1. The van der Waals surface area contributed by atoms with E-state index in [2.05, 4.69) is 39.6 Å². The monoisotopic (exact) mass is 405 g/mol. The van der Waals surface area contributed by atoms with Crippen LogP contribution in [-0.4, -0.2) is 22.4 Å². The Hall–Kier alpha value is -3.54. The van der Waals surface area contributed by atoms with Crippen LogP contribution in [0, 0.1) is 0 Å². The van der Waals surface area contributed by atoms with E-state index in [-0.39, 0.29) is 11.8 Å². The van der Waals surface area contributed by atoms with Gasteiger partial charge in [0.25, 0.3) is 12.3 Å². The molecule has 0 atom stereocenters. The van der Waals surface area contributed by atoms with Crippen molar-refractivity contribution in [1.82, 2.24) is 15.3 Å². The maximum absolute atomic E-state index is 12.8. The minimum atomic E-state index is -2.68. The molecule has 0 saturated heterocycles. The molecule has 152 valence electrons. The van der Waals surface area contributed by atoms with Gasteiger partial charge in [-0.3, -0.25) is 4.79 Å². The van der Waals surface area contributed by atoms with Gasteiger partial charge in [0.1, 0.15) is 0 Å². The molecule has 0 unspecified atom stereocenters. The van der Waals surface area contributed by atoms with Crippen molar-refractivity contribution in [2.75, 3.05) is 6.54 Å². The molecule has 3 aromatic carbocycles. The van der Waals surface area contributed by atoms with Crippen LogP contribution >= 0.6 is 0 Å². The van der Waals surface area contributed by atoms with Gasteiger partial charge in [0, 0.05) is 18.0 Å². The van der Waals surface area contributed by atoms with Gasteiger partial charge in [0.2, 0.25) is 0 Å². The van der Waals surface area contributed by atoms with Gasteiger partial charge in [-0.05, 0) is 35.7 Å². The standard InChI is InChI=1S/C24H21F2N3O/c25-22(26)23-28-20-12-11-18(15-21(20)29-23)24(30)27-14-13-19(16-7-3-1-4-8-16)17-9-5-2-6-10-17/h1-12,15,19,22H,13-14H2,(H,27,30)(H,28,29). The third kappa shape index (κ3) is 4.38. The Kier molecular flexibility index (Phi) is 5.84. The van der Waals surface area contributed by atoms with Crippen LogP contribution in [0.25, 0.3) is 11.0 Å². The minimum absolute atomic E-state index is 0.163. The van der Waals surface area contributed by atoms with Crippen LogP contribution in [0.3, 0.4) is 0 Å². The molecule has 0 radical (unpaired) electrons. The first kappa shape index (κ1) is 19.8. The molecule has 4 aromatic rings. The molecule has 6 heteroatoms. The molecule has 0 aliphatic carbocycles. The summed E-state index contributed by atoms with van der Waals surface area (Å²) in [5.41, 5.74) is 3.62. The van der Waals surface area contributed by atoms with Crippen LogP contribution in [0.5, 0.6) is 0 Å². The van der Waals surface area contributed by atoms with E-state index in [1.807, 2.05) is 36.4 Å². The third-order valence-electron chi connectivity index (χ3n) is 5.09. The van der Waals surface area contributed by atoms with E-state index < -0.39 is 12.2 Å². The molecule has 0 bridgehead atoms. The Labute approximate surface area is 173 Å². The van der Waals surface area contributed by atoms with Crippen molar-refractivity contribution in [3.8, 4) is 0 Å². The number of benzene rings is 3. The fourth-order valence-corrected chi connectivity index (χ4v) is 3.60. The summed E-state index contributed by atoms with van der Waals surface area (Å²) in [6.07, 6.45) is -1.94. The Morgan fingerprint density at radius 2 is 1.57 bits per heavy atom. The number of hydrogen-bond acceptors (Lipinski definition) is 2. The Morgan fingerprint density at radius 3 is 2.17 bits per heavy atom. The van der Waals surface area contributed by atoms with Gasteiger partial charge in [0.15, 0.2) is 5.82 Å². The normalized spacial score (nSPS) is 11.3. The molecular weight excluding hydrogens is 384 g/mol. The number of H-pyrrole nitrogens is 1. The van der Waals surface area contributed by atoms with E-state index in [4.69, 9.17) is 0 Å². The fourth-order valence-electron chi connectivity index (χ4n) is 3.60. The molecule has 30 heavy (non-hydrogen) atoms. The second-order valence-corrected chi connectivity index (χ2v) is 7.07. The smallest absolute Gasteiger partial charge is 0.295 e. The second kappa shape index (κ2) is 8.86. The van der Waals surface area contributed by atoms with E-state index in [1.165, 1.54) is 11.1 Å². The van der Waals surface area contributed by atoms with Gasteiger partial charge in [-0.25, -0.2) is 13.8 Å². The highest BCUT2D eigenvalue weighted by atomic mass is 19.3. The highest BCUT2D eigenvalue weighted by molar-refractivity contribution is 5.97. The van der Waals surface area contributed by atoms with Crippen molar-refractivity contribution in [1.29, 1.82) is 0 Å². The number of hydrogen-bond donors (Lipinski definition) is 2. The van der Waals surface area contributed by atoms with Gasteiger partial charge in [-0.2, -0.15) is 0 Å². The van der Waals surface area contributed by atoms with Gasteiger partial charge < -0.3 is 10.3 Å². The van der Waals surface area contributed by atoms with Crippen LogP contribution in [0.1, 0.15) is 46.1 Å². The lowest BCUT2D eigenvalue weighted by molar-refractivity contribution is 0.0953. The number of nitrogens with zero attached hydrogens (tertiary/aromatic N) is 1. The number of nitrogens with one attached hydrogen (secondary N) is 2. The summed E-state index contributed by atoms with van der Waals surface area (Å²) in [5, 5.41) is 2.94. The van der Waals surface area contributed by atoms with E-state index in [1.54, 1.807) is 18.2 Å². The third-order valence-corrected chi connectivity index (χ3v) is 5.09. The molecular formula is C24H21F2N3O. The average Bonchev–Trinajstić information content (AvgIpc) is 3.22. The van der Waals surface area contributed by atoms with Crippen LogP contribution in [0.15, 0.2) is 78.9 Å². The zero-order chi connectivity index (χ0) is 20.9. The first-order valence-electron chi connectivity index (χ1n) is 9.78. The van der Waals surface area contributed by atoms with Gasteiger partial charge >= 0.3 is 0 Å². The zero-order valence-corrected chi connectivity index (χ0v) is 16.2. The number of aromatic amines is 1. The lowest BCUT2D eigenvalue weighted by Gasteiger charge is -2.18. The zero-order valence-electron chi connectivity index (χ0n) is 16.2. The number of fused-ring (bicyclic) bond motifs is 1. The topological polar surface area (TPSA) is 57.8 Å². The van der Waals surface area contributed by atoms with Crippen LogP contribution in [0.4, 0.5) is 8.78 Å². The van der Waals surface area contributed by atoms with Gasteiger partial charge in [0.05, 0.1) is 11.0 Å². The lowest BCUT2D eigenvalue weighted by atomic mass is 9.88. The quantitative estimate of drug-likeness (QED) is 0.429. The average molecular weight is 405 g/mol. The number of alkyl halides is 2. The molecule has 0 aliphatic rings. The van der Waals surface area contributed by atoms with Crippen molar-refractivity contribution in [3.63, 3.8) is 0 Å². The predicted molar refractivity (Wildman–Crippen MR) is 113 cm³/mol. The molecule has 0 fully saturated rings. The number of carbonyl (C=O) groups is 1. The molecule has 1 amide bonds. The number of rotatable bonds is 7. The lowest BCUT2D eigenvalue weighted by Crippen LogP contribution is -2.25. The SMILES string of the molecule is O=C(NCCC(c1ccccc1)c1ccccc1)c1ccc2nc(C(F)F)[nH]c2c1. The molecule has 0 spiro atoms. The second-order valence-electron chi connectivity index (χ2n) is 7.07. The number of aromatic nitrogens is 2. The molecule has 4 rings (SSSR count). The molecule has 1 heterocycles. The van der Waals surface area contributed by atoms with Crippen molar-refractivity contribution >= 4 is 16.9 Å². The van der Waals surface area contributed by atoms with Gasteiger partial charge in [-0.1, -0.05) is 60.7 Å². The fraction of sp³-hybridized carbons (Fsp3) is 0.167. The van der Waals surface area contributed by atoms with E-state index in [0.717, 1.165) is 6.42 Å². The number of carbonyl (C=O) groups excluding carboxylic acids is 1. The van der Waals surface area contributed by atoms with Crippen molar-refractivity contribution in [2.24, 2.45) is 0 Å². The maximum atomic E-state index is 12.8.